The number of carbonyl (C=O) groups excluding carboxylic acids is 2. The number of nitrogens with one attached hydrogen (secondary N) is 1. The zero-order chi connectivity index (χ0) is 20.3. The molecule has 0 aliphatic carbocycles. The van der Waals surface area contributed by atoms with Crippen molar-refractivity contribution >= 4 is 11.8 Å². The Balaban J connectivity index is 1.54. The standard InChI is InChI=1S/C20H26N4O4/c1-13-5-6-18(14(2)9-13)28-8-4-7-23(3)20(27)16-10-17-19(26)21-11-15(25)12-24(17)22-16/h5-6,9-10,15,25H,4,7-8,11-12H2,1-3H3,(H,21,26). The number of aryl methyl sites for hydroxylation is 2. The van der Waals surface area contributed by atoms with Gasteiger partial charge >= 0.3 is 0 Å². The molecule has 3 rings (SSSR count). The van der Waals surface area contributed by atoms with E-state index >= 15 is 0 Å². The Kier molecular flexibility index (Phi) is 5.99. The number of fused-ring (bicyclic) bond motifs is 1. The highest BCUT2D eigenvalue weighted by Crippen LogP contribution is 2.19. The van der Waals surface area contributed by atoms with Crippen LogP contribution >= 0.6 is 0 Å². The third-order valence-electron chi connectivity index (χ3n) is 4.69. The minimum Gasteiger partial charge on any atom is -0.493 e. The van der Waals surface area contributed by atoms with E-state index in [4.69, 9.17) is 4.74 Å². The lowest BCUT2D eigenvalue weighted by Gasteiger charge is -2.16. The number of nitrogens with zero attached hydrogens (tertiary/aromatic N) is 3. The van der Waals surface area contributed by atoms with Gasteiger partial charge in [0.2, 0.25) is 0 Å². The number of rotatable bonds is 6. The number of aromatic nitrogens is 2. The minimum absolute atomic E-state index is 0.172. The molecular weight excluding hydrogens is 360 g/mol. The van der Waals surface area contributed by atoms with Crippen LogP contribution in [0.4, 0.5) is 0 Å². The van der Waals surface area contributed by atoms with Crippen molar-refractivity contribution < 1.29 is 19.4 Å². The molecule has 8 nitrogen and oxygen atoms in total. The largest absolute Gasteiger partial charge is 0.493 e. The number of aliphatic hydroxyl groups excluding tert-OH is 1. The van der Waals surface area contributed by atoms with E-state index in [2.05, 4.69) is 16.5 Å². The van der Waals surface area contributed by atoms with Crippen LogP contribution in [0.2, 0.25) is 0 Å². The van der Waals surface area contributed by atoms with E-state index in [-0.39, 0.29) is 36.3 Å². The minimum atomic E-state index is -0.729. The maximum atomic E-state index is 12.6. The van der Waals surface area contributed by atoms with Gasteiger partial charge in [0.25, 0.3) is 11.8 Å². The van der Waals surface area contributed by atoms with Crippen LogP contribution in [0.25, 0.3) is 0 Å². The van der Waals surface area contributed by atoms with Crippen LogP contribution in [0.15, 0.2) is 24.3 Å². The first-order valence-corrected chi connectivity index (χ1v) is 9.35. The van der Waals surface area contributed by atoms with Crippen molar-refractivity contribution in [3.63, 3.8) is 0 Å². The molecule has 1 unspecified atom stereocenters. The fraction of sp³-hybridized carbons (Fsp3) is 0.450. The zero-order valence-electron chi connectivity index (χ0n) is 16.4. The maximum Gasteiger partial charge on any atom is 0.274 e. The molecule has 0 saturated carbocycles. The van der Waals surface area contributed by atoms with Crippen LogP contribution in [0.3, 0.4) is 0 Å². The fourth-order valence-corrected chi connectivity index (χ4v) is 3.15. The monoisotopic (exact) mass is 386 g/mol. The molecule has 2 N–H and O–H groups in total. The third-order valence-corrected chi connectivity index (χ3v) is 4.69. The normalized spacial score (nSPS) is 16.1. The Morgan fingerprint density at radius 1 is 1.39 bits per heavy atom. The first-order chi connectivity index (χ1) is 13.3. The number of benzene rings is 1. The van der Waals surface area contributed by atoms with Gasteiger partial charge in [-0.3, -0.25) is 14.3 Å². The molecule has 1 atom stereocenters. The van der Waals surface area contributed by atoms with E-state index in [9.17, 15) is 14.7 Å². The van der Waals surface area contributed by atoms with Crippen LogP contribution < -0.4 is 10.1 Å². The fourth-order valence-electron chi connectivity index (χ4n) is 3.15. The van der Waals surface area contributed by atoms with Crippen LogP contribution in [0.1, 0.15) is 38.5 Å². The van der Waals surface area contributed by atoms with Crippen molar-refractivity contribution in [1.82, 2.24) is 20.0 Å². The number of hydrogen-bond acceptors (Lipinski definition) is 5. The second-order valence-corrected chi connectivity index (χ2v) is 7.16. The van der Waals surface area contributed by atoms with Gasteiger partial charge in [0, 0.05) is 26.2 Å². The molecule has 2 heterocycles. The number of ether oxygens (including phenoxy) is 1. The molecule has 2 amide bonds. The van der Waals surface area contributed by atoms with Crippen LogP contribution in [-0.2, 0) is 6.54 Å². The van der Waals surface area contributed by atoms with E-state index in [0.29, 0.717) is 19.6 Å². The summed E-state index contributed by atoms with van der Waals surface area (Å²) >= 11 is 0. The molecule has 1 aliphatic heterocycles. The summed E-state index contributed by atoms with van der Waals surface area (Å²) in [5.74, 6) is 0.240. The van der Waals surface area contributed by atoms with Crippen LogP contribution in [-0.4, -0.2) is 64.4 Å². The Bertz CT molecular complexity index is 877. The lowest BCUT2D eigenvalue weighted by atomic mass is 10.1. The highest BCUT2D eigenvalue weighted by molar-refractivity contribution is 5.98. The molecule has 0 spiro atoms. The van der Waals surface area contributed by atoms with Gasteiger partial charge in [0.15, 0.2) is 5.69 Å². The van der Waals surface area contributed by atoms with E-state index in [1.54, 1.807) is 11.9 Å². The van der Waals surface area contributed by atoms with E-state index in [0.717, 1.165) is 11.3 Å². The molecule has 0 bridgehead atoms. The quantitative estimate of drug-likeness (QED) is 0.726. The van der Waals surface area contributed by atoms with Crippen molar-refractivity contribution in [3.8, 4) is 5.75 Å². The van der Waals surface area contributed by atoms with E-state index in [1.165, 1.54) is 16.3 Å². The second kappa shape index (κ2) is 8.43. The van der Waals surface area contributed by atoms with Crippen molar-refractivity contribution in [2.45, 2.75) is 32.9 Å². The summed E-state index contributed by atoms with van der Waals surface area (Å²) < 4.78 is 7.18. The molecule has 0 saturated heterocycles. The summed E-state index contributed by atoms with van der Waals surface area (Å²) in [6.45, 7) is 5.39. The van der Waals surface area contributed by atoms with Gasteiger partial charge in [-0.2, -0.15) is 5.10 Å². The van der Waals surface area contributed by atoms with Gasteiger partial charge in [0.1, 0.15) is 11.4 Å². The van der Waals surface area contributed by atoms with Gasteiger partial charge in [-0.1, -0.05) is 17.7 Å². The van der Waals surface area contributed by atoms with Crippen LogP contribution in [0, 0.1) is 13.8 Å². The first kappa shape index (κ1) is 19.9. The number of β-amino-alcohol motifs (C(OH)–C–C–N with tert-alkyl or cyclic N) is 1. The van der Waals surface area contributed by atoms with Crippen molar-refractivity contribution in [3.05, 3.63) is 46.8 Å². The van der Waals surface area contributed by atoms with E-state index < -0.39 is 6.10 Å². The average molecular weight is 386 g/mol. The van der Waals surface area contributed by atoms with Gasteiger partial charge in [-0.05, 0) is 31.9 Å². The lowest BCUT2D eigenvalue weighted by Crippen LogP contribution is -2.31. The average Bonchev–Trinajstić information content (AvgIpc) is 3.02. The summed E-state index contributed by atoms with van der Waals surface area (Å²) in [6.07, 6.45) is -0.0596. The number of amides is 2. The molecule has 8 heteroatoms. The van der Waals surface area contributed by atoms with Crippen LogP contribution in [0.5, 0.6) is 5.75 Å². The van der Waals surface area contributed by atoms with Crippen molar-refractivity contribution in [1.29, 1.82) is 0 Å². The zero-order valence-corrected chi connectivity index (χ0v) is 16.4. The molecule has 1 aromatic heterocycles. The Hall–Kier alpha value is -2.87. The molecule has 0 fully saturated rings. The number of carbonyl (C=O) groups is 2. The molecule has 150 valence electrons. The predicted molar refractivity (Wildman–Crippen MR) is 104 cm³/mol. The first-order valence-electron chi connectivity index (χ1n) is 9.35. The Labute approximate surface area is 164 Å². The maximum absolute atomic E-state index is 12.6. The Morgan fingerprint density at radius 3 is 2.93 bits per heavy atom. The SMILES string of the molecule is Cc1ccc(OCCCN(C)C(=O)c2cc3n(n2)CC(O)CNC3=O)c(C)c1. The van der Waals surface area contributed by atoms with Gasteiger partial charge in [-0.25, -0.2) is 0 Å². The predicted octanol–water partition coefficient (Wildman–Crippen LogP) is 1.15. The summed E-state index contributed by atoms with van der Waals surface area (Å²) in [7, 11) is 1.69. The topological polar surface area (TPSA) is 96.7 Å². The van der Waals surface area contributed by atoms with Crippen molar-refractivity contribution in [2.75, 3.05) is 26.7 Å². The summed E-state index contributed by atoms with van der Waals surface area (Å²) in [4.78, 5) is 26.2. The molecule has 28 heavy (non-hydrogen) atoms. The summed E-state index contributed by atoms with van der Waals surface area (Å²) in [5, 5.41) is 16.6. The lowest BCUT2D eigenvalue weighted by molar-refractivity contribution is 0.0779. The smallest absolute Gasteiger partial charge is 0.274 e. The molecule has 1 aromatic carbocycles. The van der Waals surface area contributed by atoms with Gasteiger partial charge < -0.3 is 20.1 Å². The molecule has 1 aliphatic rings. The molecular formula is C20H26N4O4. The number of aliphatic hydroxyl groups is 1. The van der Waals surface area contributed by atoms with Gasteiger partial charge in [0.05, 0.1) is 19.3 Å². The summed E-state index contributed by atoms with van der Waals surface area (Å²) in [6, 6.07) is 7.50. The van der Waals surface area contributed by atoms with Crippen molar-refractivity contribution in [2.24, 2.45) is 0 Å². The number of hydrogen-bond donors (Lipinski definition) is 2. The Morgan fingerprint density at radius 2 is 2.18 bits per heavy atom. The second-order valence-electron chi connectivity index (χ2n) is 7.16. The van der Waals surface area contributed by atoms with Gasteiger partial charge in [-0.15, -0.1) is 0 Å². The highest BCUT2D eigenvalue weighted by Gasteiger charge is 2.25. The van der Waals surface area contributed by atoms with E-state index in [1.807, 2.05) is 26.0 Å². The molecule has 0 radical (unpaired) electrons. The highest BCUT2D eigenvalue weighted by atomic mass is 16.5. The summed E-state index contributed by atoms with van der Waals surface area (Å²) in [5.41, 5.74) is 2.75. The molecule has 2 aromatic rings. The third kappa shape index (κ3) is 4.51.